The zero-order chi connectivity index (χ0) is 12.7. The summed E-state index contributed by atoms with van der Waals surface area (Å²) in [5.41, 5.74) is 5.52. The molecule has 0 aliphatic rings. The Morgan fingerprint density at radius 3 is 2.65 bits per heavy atom. The summed E-state index contributed by atoms with van der Waals surface area (Å²) in [6.07, 6.45) is 3.32. The number of hydrogen-bond acceptors (Lipinski definition) is 4. The molecule has 1 aromatic heterocycles. The second-order valence-electron chi connectivity index (χ2n) is 3.36. The van der Waals surface area contributed by atoms with Crippen molar-refractivity contribution in [2.75, 3.05) is 0 Å². The largest absolute Gasteiger partial charge is 0.368 e. The number of carbonyl (C=O) groups is 2. The molecule has 0 spiro atoms. The summed E-state index contributed by atoms with van der Waals surface area (Å²) >= 11 is 0. The topological polar surface area (TPSA) is 109 Å². The third-order valence-corrected chi connectivity index (χ3v) is 2.14. The van der Waals surface area contributed by atoms with E-state index in [2.05, 4.69) is 10.3 Å². The molecule has 0 aliphatic heterocycles. The van der Waals surface area contributed by atoms with Crippen molar-refractivity contribution in [3.63, 3.8) is 0 Å². The average molecular weight is 232 g/mol. The Hall–Kier alpha value is -2.42. The van der Waals surface area contributed by atoms with Gasteiger partial charge in [-0.25, -0.2) is 0 Å². The highest BCUT2D eigenvalue weighted by Crippen LogP contribution is 2.00. The molecule has 0 aliphatic carbocycles. The van der Waals surface area contributed by atoms with Crippen LogP contribution in [0.15, 0.2) is 24.5 Å². The van der Waals surface area contributed by atoms with Crippen LogP contribution in [-0.4, -0.2) is 22.8 Å². The first kappa shape index (κ1) is 12.6. The number of rotatable bonds is 5. The monoisotopic (exact) mass is 232 g/mol. The highest BCUT2D eigenvalue weighted by atomic mass is 16.2. The zero-order valence-corrected chi connectivity index (χ0v) is 9.09. The summed E-state index contributed by atoms with van der Waals surface area (Å²) in [6.45, 7) is 0. The fourth-order valence-electron chi connectivity index (χ4n) is 1.24. The molecule has 1 rings (SSSR count). The van der Waals surface area contributed by atoms with Crippen molar-refractivity contribution in [1.82, 2.24) is 10.3 Å². The minimum Gasteiger partial charge on any atom is -0.368 e. The Labute approximate surface area is 98.4 Å². The SMILES string of the molecule is N#CCC[C@H](NC(=O)c1ccncc1)C(N)=O. The van der Waals surface area contributed by atoms with E-state index in [0.717, 1.165) is 0 Å². The Bertz CT molecular complexity index is 439. The molecule has 17 heavy (non-hydrogen) atoms. The predicted octanol–water partition coefficient (Wildman–Crippen LogP) is -0.0309. The molecular formula is C11H12N4O2. The van der Waals surface area contributed by atoms with Crippen LogP contribution in [0.4, 0.5) is 0 Å². The van der Waals surface area contributed by atoms with Crippen molar-refractivity contribution in [2.45, 2.75) is 18.9 Å². The maximum atomic E-state index is 11.7. The third kappa shape index (κ3) is 3.91. The van der Waals surface area contributed by atoms with Crippen molar-refractivity contribution < 1.29 is 9.59 Å². The number of primary amides is 1. The van der Waals surface area contributed by atoms with E-state index in [-0.39, 0.29) is 12.8 Å². The number of nitriles is 1. The highest BCUT2D eigenvalue weighted by Gasteiger charge is 2.18. The summed E-state index contributed by atoms with van der Waals surface area (Å²) in [6, 6.07) is 4.12. The Morgan fingerprint density at radius 1 is 1.47 bits per heavy atom. The fourth-order valence-corrected chi connectivity index (χ4v) is 1.24. The molecule has 6 heteroatoms. The molecular weight excluding hydrogens is 220 g/mol. The number of carbonyl (C=O) groups excluding carboxylic acids is 2. The van der Waals surface area contributed by atoms with Gasteiger partial charge in [-0.15, -0.1) is 0 Å². The third-order valence-electron chi connectivity index (χ3n) is 2.14. The normalized spacial score (nSPS) is 11.2. The summed E-state index contributed by atoms with van der Waals surface area (Å²) in [4.78, 5) is 26.5. The van der Waals surface area contributed by atoms with Gasteiger partial charge in [0.25, 0.3) is 5.91 Å². The standard InChI is InChI=1S/C11H12N4O2/c12-5-1-2-9(10(13)16)15-11(17)8-3-6-14-7-4-8/h3-4,6-7,9H,1-2H2,(H2,13,16)(H,15,17)/t9-/m0/s1. The van der Waals surface area contributed by atoms with Crippen LogP contribution in [0.2, 0.25) is 0 Å². The number of amides is 2. The highest BCUT2D eigenvalue weighted by molar-refractivity contribution is 5.97. The van der Waals surface area contributed by atoms with Crippen LogP contribution < -0.4 is 11.1 Å². The van der Waals surface area contributed by atoms with Crippen LogP contribution >= 0.6 is 0 Å². The molecule has 1 heterocycles. The van der Waals surface area contributed by atoms with Crippen LogP contribution in [0.1, 0.15) is 23.2 Å². The van der Waals surface area contributed by atoms with Gasteiger partial charge in [0.15, 0.2) is 0 Å². The maximum Gasteiger partial charge on any atom is 0.252 e. The van der Waals surface area contributed by atoms with E-state index in [9.17, 15) is 9.59 Å². The molecule has 6 nitrogen and oxygen atoms in total. The van der Waals surface area contributed by atoms with Crippen LogP contribution in [0.5, 0.6) is 0 Å². The molecule has 1 atom stereocenters. The molecule has 0 unspecified atom stereocenters. The van der Waals surface area contributed by atoms with Crippen molar-refractivity contribution in [1.29, 1.82) is 5.26 Å². The average Bonchev–Trinajstić information content (AvgIpc) is 2.35. The summed E-state index contributed by atoms with van der Waals surface area (Å²) in [5.74, 6) is -1.06. The van der Waals surface area contributed by atoms with E-state index >= 15 is 0 Å². The second kappa shape index (κ2) is 6.23. The molecule has 0 saturated carbocycles. The van der Waals surface area contributed by atoms with E-state index in [0.29, 0.717) is 5.56 Å². The number of aromatic nitrogens is 1. The summed E-state index contributed by atoms with van der Waals surface area (Å²) in [5, 5.41) is 10.9. The number of nitrogens with zero attached hydrogens (tertiary/aromatic N) is 2. The molecule has 0 bridgehead atoms. The number of hydrogen-bond donors (Lipinski definition) is 2. The lowest BCUT2D eigenvalue weighted by molar-refractivity contribution is -0.119. The van der Waals surface area contributed by atoms with Gasteiger partial charge in [-0.2, -0.15) is 5.26 Å². The fraction of sp³-hybridized carbons (Fsp3) is 0.273. The molecule has 0 aromatic carbocycles. The van der Waals surface area contributed by atoms with Gasteiger partial charge in [0.1, 0.15) is 6.04 Å². The van der Waals surface area contributed by atoms with Crippen molar-refractivity contribution >= 4 is 11.8 Å². The van der Waals surface area contributed by atoms with Crippen molar-refractivity contribution in [3.8, 4) is 6.07 Å². The quantitative estimate of drug-likeness (QED) is 0.742. The smallest absolute Gasteiger partial charge is 0.252 e. The van der Waals surface area contributed by atoms with Gasteiger partial charge in [0.2, 0.25) is 5.91 Å². The Morgan fingerprint density at radius 2 is 2.12 bits per heavy atom. The first-order valence-corrected chi connectivity index (χ1v) is 5.02. The molecule has 0 saturated heterocycles. The molecule has 2 amide bonds. The van der Waals surface area contributed by atoms with E-state index in [4.69, 9.17) is 11.0 Å². The van der Waals surface area contributed by atoms with Gasteiger partial charge in [-0.3, -0.25) is 14.6 Å². The van der Waals surface area contributed by atoms with Gasteiger partial charge in [0.05, 0.1) is 6.07 Å². The molecule has 1 aromatic rings. The second-order valence-corrected chi connectivity index (χ2v) is 3.36. The number of pyridine rings is 1. The first-order chi connectivity index (χ1) is 8.15. The van der Waals surface area contributed by atoms with Gasteiger partial charge in [-0.1, -0.05) is 0 Å². The lowest BCUT2D eigenvalue weighted by Crippen LogP contribution is -2.44. The number of nitrogens with one attached hydrogen (secondary N) is 1. The van der Waals surface area contributed by atoms with Crippen LogP contribution in [0, 0.1) is 11.3 Å². The van der Waals surface area contributed by atoms with Crippen LogP contribution in [-0.2, 0) is 4.79 Å². The van der Waals surface area contributed by atoms with Crippen LogP contribution in [0.3, 0.4) is 0 Å². The van der Waals surface area contributed by atoms with Gasteiger partial charge in [0, 0.05) is 24.4 Å². The van der Waals surface area contributed by atoms with Gasteiger partial charge in [-0.05, 0) is 18.6 Å². The molecule has 88 valence electrons. The molecule has 0 fully saturated rings. The van der Waals surface area contributed by atoms with Crippen molar-refractivity contribution in [3.05, 3.63) is 30.1 Å². The molecule has 3 N–H and O–H groups in total. The van der Waals surface area contributed by atoms with E-state index in [1.165, 1.54) is 24.5 Å². The summed E-state index contributed by atoms with van der Waals surface area (Å²) < 4.78 is 0. The van der Waals surface area contributed by atoms with Crippen molar-refractivity contribution in [2.24, 2.45) is 5.73 Å². The van der Waals surface area contributed by atoms with Crippen LogP contribution in [0.25, 0.3) is 0 Å². The first-order valence-electron chi connectivity index (χ1n) is 5.02. The van der Waals surface area contributed by atoms with E-state index < -0.39 is 17.9 Å². The minimum atomic E-state index is -0.824. The molecule has 0 radical (unpaired) electrons. The zero-order valence-electron chi connectivity index (χ0n) is 9.09. The lowest BCUT2D eigenvalue weighted by Gasteiger charge is -2.13. The maximum absolute atomic E-state index is 11.7. The minimum absolute atomic E-state index is 0.157. The van der Waals surface area contributed by atoms with E-state index in [1.54, 1.807) is 0 Å². The lowest BCUT2D eigenvalue weighted by atomic mass is 10.1. The van der Waals surface area contributed by atoms with E-state index in [1.807, 2.05) is 6.07 Å². The number of nitrogens with two attached hydrogens (primary N) is 1. The van der Waals surface area contributed by atoms with Gasteiger partial charge < -0.3 is 11.1 Å². The van der Waals surface area contributed by atoms with Gasteiger partial charge >= 0.3 is 0 Å². The summed E-state index contributed by atoms with van der Waals surface area (Å²) in [7, 11) is 0. The predicted molar refractivity (Wildman–Crippen MR) is 59.5 cm³/mol. The Kier molecular flexibility index (Phi) is 4.63. The Balaban J connectivity index is 2.65.